The lowest BCUT2D eigenvalue weighted by atomic mass is 9.93. The number of likely N-dealkylation sites (N-methyl/N-ethyl adjacent to an activating group) is 1. The number of fused-ring (bicyclic) bond motifs is 1. The first-order chi connectivity index (χ1) is 16.2. The predicted octanol–water partition coefficient (Wildman–Crippen LogP) is 4.03. The number of piperazine rings is 1. The third kappa shape index (κ3) is 5.20. The molecule has 2 fully saturated rings. The molecule has 0 atom stereocenters. The number of ether oxygens (including phenoxy) is 1. The van der Waals surface area contributed by atoms with E-state index in [1.165, 1.54) is 5.69 Å². The summed E-state index contributed by atoms with van der Waals surface area (Å²) in [6.07, 6.45) is 6.55. The smallest absolute Gasteiger partial charge is 0.227 e. The van der Waals surface area contributed by atoms with Gasteiger partial charge in [0.25, 0.3) is 0 Å². The van der Waals surface area contributed by atoms with Crippen LogP contribution in [-0.4, -0.2) is 67.3 Å². The van der Waals surface area contributed by atoms with Crippen LogP contribution in [-0.2, 0) is 0 Å². The summed E-state index contributed by atoms with van der Waals surface area (Å²) in [5.74, 6) is 1.43. The maximum Gasteiger partial charge on any atom is 0.227 e. The third-order valence-electron chi connectivity index (χ3n) is 6.94. The van der Waals surface area contributed by atoms with Gasteiger partial charge in [-0.15, -0.1) is 0 Å². The second-order valence-electron chi connectivity index (χ2n) is 9.23. The van der Waals surface area contributed by atoms with Crippen LogP contribution in [0.4, 0.5) is 17.3 Å². The third-order valence-corrected chi connectivity index (χ3v) is 6.94. The Hall–Kier alpha value is -2.90. The molecule has 1 saturated carbocycles. The zero-order chi connectivity index (χ0) is 22.6. The van der Waals surface area contributed by atoms with E-state index in [1.54, 1.807) is 0 Å². The molecule has 3 aromatic rings. The van der Waals surface area contributed by atoms with E-state index in [0.29, 0.717) is 12.0 Å². The number of hydrogen-bond acceptors (Lipinski definition) is 7. The highest BCUT2D eigenvalue weighted by atomic mass is 16.5. The molecule has 0 radical (unpaired) electrons. The summed E-state index contributed by atoms with van der Waals surface area (Å²) < 4.78 is 6.40. The van der Waals surface area contributed by atoms with Gasteiger partial charge in [-0.05, 0) is 70.1 Å². The van der Waals surface area contributed by atoms with E-state index in [1.807, 2.05) is 31.4 Å². The number of hydrogen-bond donors (Lipinski definition) is 2. The van der Waals surface area contributed by atoms with Crippen molar-refractivity contribution in [3.05, 3.63) is 48.7 Å². The summed E-state index contributed by atoms with van der Waals surface area (Å²) in [5, 5.41) is 7.74. The normalized spacial score (nSPS) is 21.8. The molecule has 5 rings (SSSR count). The lowest BCUT2D eigenvalue weighted by Gasteiger charge is -2.34. The molecule has 2 aromatic carbocycles. The highest BCUT2D eigenvalue weighted by molar-refractivity contribution is 5.85. The minimum absolute atomic E-state index is 0.244. The van der Waals surface area contributed by atoms with Crippen molar-refractivity contribution in [3.8, 4) is 5.75 Å². The van der Waals surface area contributed by atoms with Gasteiger partial charge in [0.1, 0.15) is 11.3 Å². The molecule has 1 saturated heterocycles. The largest absolute Gasteiger partial charge is 0.488 e. The fraction of sp³-hybridized carbons (Fsp3) is 0.462. The highest BCUT2D eigenvalue weighted by Gasteiger charge is 2.22. The molecular formula is C26H34N6O. The highest BCUT2D eigenvalue weighted by Crippen LogP contribution is 2.30. The lowest BCUT2D eigenvalue weighted by molar-refractivity contribution is 0.143. The Labute approximate surface area is 196 Å². The molecule has 174 valence electrons. The molecule has 0 spiro atoms. The van der Waals surface area contributed by atoms with Crippen LogP contribution < -0.4 is 20.3 Å². The molecule has 0 bridgehead atoms. The Morgan fingerprint density at radius 1 is 0.939 bits per heavy atom. The number of nitrogens with one attached hydrogen (secondary N) is 2. The van der Waals surface area contributed by atoms with Gasteiger partial charge in [0, 0.05) is 55.2 Å². The van der Waals surface area contributed by atoms with E-state index in [0.717, 1.165) is 74.2 Å². The number of benzene rings is 2. The van der Waals surface area contributed by atoms with Crippen molar-refractivity contribution in [2.45, 2.75) is 37.8 Å². The molecule has 7 heteroatoms. The van der Waals surface area contributed by atoms with E-state index >= 15 is 0 Å². The van der Waals surface area contributed by atoms with Crippen LogP contribution in [0.25, 0.3) is 10.9 Å². The summed E-state index contributed by atoms with van der Waals surface area (Å²) in [6, 6.07) is 15.2. The Bertz CT molecular complexity index is 1060. The molecule has 1 aromatic heterocycles. The number of aromatic nitrogens is 2. The van der Waals surface area contributed by atoms with Gasteiger partial charge in [0.2, 0.25) is 5.95 Å². The summed E-state index contributed by atoms with van der Waals surface area (Å²) in [7, 11) is 4.22. The summed E-state index contributed by atoms with van der Waals surface area (Å²) in [5.41, 5.74) is 3.10. The van der Waals surface area contributed by atoms with E-state index in [9.17, 15) is 0 Å². The molecule has 1 aliphatic heterocycles. The number of anilines is 3. The Morgan fingerprint density at radius 3 is 2.42 bits per heavy atom. The van der Waals surface area contributed by atoms with Crippen molar-refractivity contribution in [3.63, 3.8) is 0 Å². The first-order valence-corrected chi connectivity index (χ1v) is 12.1. The van der Waals surface area contributed by atoms with Gasteiger partial charge in [0.05, 0.1) is 6.10 Å². The summed E-state index contributed by atoms with van der Waals surface area (Å²) >= 11 is 0. The first kappa shape index (κ1) is 21.9. The van der Waals surface area contributed by atoms with Crippen LogP contribution in [0.2, 0.25) is 0 Å². The first-order valence-electron chi connectivity index (χ1n) is 12.1. The standard InChI is InChI=1S/C26H34N6O/c1-27-20-8-12-23(13-9-20)33-24-5-3-4-19-18-28-26(30-25(19)24)29-21-6-10-22(11-7-21)32-16-14-31(2)15-17-32/h3-7,10-11,18,20,23,27H,8-9,12-17H2,1-2H3,(H,28,29,30). The van der Waals surface area contributed by atoms with Gasteiger partial charge in [-0.25, -0.2) is 9.97 Å². The van der Waals surface area contributed by atoms with Gasteiger partial charge in [-0.1, -0.05) is 12.1 Å². The molecule has 2 aliphatic rings. The van der Waals surface area contributed by atoms with Crippen LogP contribution >= 0.6 is 0 Å². The molecule has 0 amide bonds. The maximum absolute atomic E-state index is 6.40. The van der Waals surface area contributed by atoms with Crippen molar-refractivity contribution < 1.29 is 4.74 Å². The van der Waals surface area contributed by atoms with Gasteiger partial charge in [-0.3, -0.25) is 0 Å². The topological polar surface area (TPSA) is 65.6 Å². The number of rotatable bonds is 6. The van der Waals surface area contributed by atoms with Crippen molar-refractivity contribution in [1.29, 1.82) is 0 Å². The molecule has 2 heterocycles. The van der Waals surface area contributed by atoms with Crippen molar-refractivity contribution in [2.75, 3.05) is 50.5 Å². The SMILES string of the molecule is CNC1CCC(Oc2cccc3cnc(Nc4ccc(N5CCN(C)CC5)cc4)nc23)CC1. The van der Waals surface area contributed by atoms with Crippen molar-refractivity contribution >= 4 is 28.2 Å². The molecule has 0 unspecified atom stereocenters. The van der Waals surface area contributed by atoms with Gasteiger partial charge >= 0.3 is 0 Å². The van der Waals surface area contributed by atoms with Crippen molar-refractivity contribution in [2.24, 2.45) is 0 Å². The predicted molar refractivity (Wildman–Crippen MR) is 135 cm³/mol. The van der Waals surface area contributed by atoms with Crippen LogP contribution in [0.15, 0.2) is 48.7 Å². The van der Waals surface area contributed by atoms with E-state index < -0.39 is 0 Å². The Kier molecular flexibility index (Phi) is 6.60. The summed E-state index contributed by atoms with van der Waals surface area (Å²) in [4.78, 5) is 14.1. The van der Waals surface area contributed by atoms with Crippen LogP contribution in [0.5, 0.6) is 5.75 Å². The van der Waals surface area contributed by atoms with Crippen LogP contribution in [0.3, 0.4) is 0 Å². The van der Waals surface area contributed by atoms with E-state index in [2.05, 4.69) is 56.7 Å². The molecule has 2 N–H and O–H groups in total. The lowest BCUT2D eigenvalue weighted by Crippen LogP contribution is -2.44. The van der Waals surface area contributed by atoms with Gasteiger partial charge < -0.3 is 25.2 Å². The fourth-order valence-electron chi connectivity index (χ4n) is 4.78. The molecule has 33 heavy (non-hydrogen) atoms. The molecule has 1 aliphatic carbocycles. The van der Waals surface area contributed by atoms with E-state index in [4.69, 9.17) is 9.72 Å². The second kappa shape index (κ2) is 9.93. The quantitative estimate of drug-likeness (QED) is 0.593. The van der Waals surface area contributed by atoms with Gasteiger partial charge in [0.15, 0.2) is 0 Å². The molecular weight excluding hydrogens is 412 g/mol. The zero-order valence-electron chi connectivity index (χ0n) is 19.6. The average Bonchev–Trinajstić information content (AvgIpc) is 2.86. The Morgan fingerprint density at radius 2 is 1.70 bits per heavy atom. The van der Waals surface area contributed by atoms with Crippen molar-refractivity contribution in [1.82, 2.24) is 20.2 Å². The Balaban J connectivity index is 1.28. The number of nitrogens with zero attached hydrogens (tertiary/aromatic N) is 4. The maximum atomic E-state index is 6.40. The zero-order valence-corrected chi connectivity index (χ0v) is 19.6. The summed E-state index contributed by atoms with van der Waals surface area (Å²) in [6.45, 7) is 4.34. The average molecular weight is 447 g/mol. The monoisotopic (exact) mass is 446 g/mol. The minimum atomic E-state index is 0.244. The fourth-order valence-corrected chi connectivity index (χ4v) is 4.78. The molecule has 7 nitrogen and oxygen atoms in total. The van der Waals surface area contributed by atoms with E-state index in [-0.39, 0.29) is 6.10 Å². The van der Waals surface area contributed by atoms with Crippen LogP contribution in [0, 0.1) is 0 Å². The van der Waals surface area contributed by atoms with Crippen LogP contribution in [0.1, 0.15) is 25.7 Å². The number of para-hydroxylation sites is 1. The second-order valence-corrected chi connectivity index (χ2v) is 9.23. The van der Waals surface area contributed by atoms with Gasteiger partial charge in [-0.2, -0.15) is 0 Å². The minimum Gasteiger partial charge on any atom is -0.488 e.